The molecule has 1 aromatic heterocycles. The molecule has 1 aliphatic rings. The van der Waals surface area contributed by atoms with Crippen LogP contribution in [0.25, 0.3) is 0 Å². The monoisotopic (exact) mass is 279 g/mol. The van der Waals surface area contributed by atoms with Crippen molar-refractivity contribution in [2.24, 2.45) is 0 Å². The molecule has 5 nitrogen and oxygen atoms in total. The number of aliphatic hydroxyl groups is 1. The lowest BCUT2D eigenvalue weighted by Gasteiger charge is -2.38. The second-order valence-electron chi connectivity index (χ2n) is 5.55. The maximum absolute atomic E-state index is 12.5. The predicted molar refractivity (Wildman–Crippen MR) is 77.2 cm³/mol. The Hall–Kier alpha value is -1.36. The van der Waals surface area contributed by atoms with Crippen molar-refractivity contribution >= 4 is 5.91 Å². The summed E-state index contributed by atoms with van der Waals surface area (Å²) in [5.41, 5.74) is 0. The molecule has 2 rings (SSSR count). The normalized spacial score (nSPS) is 16.7. The molecule has 0 bridgehead atoms. The molecule has 1 N–H and O–H groups in total. The summed E-state index contributed by atoms with van der Waals surface area (Å²) in [6.07, 6.45) is 11.3. The Labute approximate surface area is 120 Å². The maximum Gasteiger partial charge on any atom is 0.224 e. The minimum atomic E-state index is 0.0474. The number of nitrogens with zero attached hydrogens (tertiary/aromatic N) is 3. The van der Waals surface area contributed by atoms with Crippen LogP contribution in [0.4, 0.5) is 0 Å². The Balaban J connectivity index is 1.98. The number of carbonyl (C=O) groups is 1. The lowest BCUT2D eigenvalue weighted by molar-refractivity contribution is -0.136. The third-order valence-electron chi connectivity index (χ3n) is 4.16. The zero-order valence-corrected chi connectivity index (χ0v) is 12.2. The molecule has 20 heavy (non-hydrogen) atoms. The van der Waals surface area contributed by atoms with Crippen LogP contribution in [0.15, 0.2) is 18.7 Å². The second-order valence-corrected chi connectivity index (χ2v) is 5.55. The highest BCUT2D eigenvalue weighted by atomic mass is 16.3. The Morgan fingerprint density at radius 2 is 2.35 bits per heavy atom. The standard InChI is InChI=1S/C15H25N3O2/c1-2-4-14(17-8-7-16-12-17)11-15(20)18(9-10-19)13-5-3-6-13/h7-8,12-14,19H,2-6,9-11H2,1H3. The molecule has 0 saturated heterocycles. The van der Waals surface area contributed by atoms with Crippen LogP contribution in [-0.2, 0) is 4.79 Å². The third-order valence-corrected chi connectivity index (χ3v) is 4.16. The first-order chi connectivity index (χ1) is 9.76. The van der Waals surface area contributed by atoms with Crippen LogP contribution in [0.1, 0.15) is 51.5 Å². The highest BCUT2D eigenvalue weighted by Gasteiger charge is 2.29. The molecule has 1 amide bonds. The van der Waals surface area contributed by atoms with Gasteiger partial charge in [0.15, 0.2) is 0 Å². The van der Waals surface area contributed by atoms with Gasteiger partial charge in [-0.15, -0.1) is 0 Å². The number of amides is 1. The summed E-state index contributed by atoms with van der Waals surface area (Å²) >= 11 is 0. The fraction of sp³-hybridized carbons (Fsp3) is 0.733. The topological polar surface area (TPSA) is 58.4 Å². The Morgan fingerprint density at radius 1 is 1.55 bits per heavy atom. The summed E-state index contributed by atoms with van der Waals surface area (Å²) in [7, 11) is 0. The van der Waals surface area contributed by atoms with Crippen molar-refractivity contribution in [2.45, 2.75) is 57.5 Å². The van der Waals surface area contributed by atoms with Gasteiger partial charge in [0.05, 0.1) is 12.9 Å². The first-order valence-corrected chi connectivity index (χ1v) is 7.64. The largest absolute Gasteiger partial charge is 0.395 e. The van der Waals surface area contributed by atoms with Crippen molar-refractivity contribution in [3.05, 3.63) is 18.7 Å². The van der Waals surface area contributed by atoms with Crippen LogP contribution in [0.2, 0.25) is 0 Å². The van der Waals surface area contributed by atoms with Gasteiger partial charge in [-0.2, -0.15) is 0 Å². The molecule has 5 heteroatoms. The average Bonchev–Trinajstić information content (AvgIpc) is 2.89. The molecular formula is C15H25N3O2. The molecule has 1 aliphatic carbocycles. The van der Waals surface area contributed by atoms with Crippen molar-refractivity contribution in [3.8, 4) is 0 Å². The third kappa shape index (κ3) is 3.60. The van der Waals surface area contributed by atoms with Crippen molar-refractivity contribution in [1.82, 2.24) is 14.5 Å². The molecule has 0 radical (unpaired) electrons. The van der Waals surface area contributed by atoms with E-state index >= 15 is 0 Å². The summed E-state index contributed by atoms with van der Waals surface area (Å²) in [4.78, 5) is 18.5. The minimum absolute atomic E-state index is 0.0474. The Morgan fingerprint density at radius 3 is 2.85 bits per heavy atom. The van der Waals surface area contributed by atoms with E-state index in [9.17, 15) is 4.79 Å². The molecule has 0 aliphatic heterocycles. The lowest BCUT2D eigenvalue weighted by Crippen LogP contribution is -2.46. The van der Waals surface area contributed by atoms with Gasteiger partial charge in [-0.25, -0.2) is 4.98 Å². The highest BCUT2D eigenvalue weighted by Crippen LogP contribution is 2.27. The fourth-order valence-corrected chi connectivity index (χ4v) is 2.81. The smallest absolute Gasteiger partial charge is 0.224 e. The van der Waals surface area contributed by atoms with Gasteiger partial charge in [0, 0.05) is 37.4 Å². The van der Waals surface area contributed by atoms with Crippen molar-refractivity contribution in [1.29, 1.82) is 0 Å². The molecule has 1 atom stereocenters. The van der Waals surface area contributed by atoms with Crippen LogP contribution in [0.5, 0.6) is 0 Å². The van der Waals surface area contributed by atoms with Crippen LogP contribution < -0.4 is 0 Å². The van der Waals surface area contributed by atoms with E-state index in [1.807, 2.05) is 15.7 Å². The Kier molecular flexibility index (Phi) is 5.59. The van der Waals surface area contributed by atoms with Gasteiger partial charge in [0.2, 0.25) is 5.91 Å². The predicted octanol–water partition coefficient (Wildman–Crippen LogP) is 1.99. The fourth-order valence-electron chi connectivity index (χ4n) is 2.81. The summed E-state index contributed by atoms with van der Waals surface area (Å²) in [5.74, 6) is 0.163. The SMILES string of the molecule is CCCC(CC(=O)N(CCO)C1CCC1)n1ccnc1. The minimum Gasteiger partial charge on any atom is -0.395 e. The molecule has 0 aromatic carbocycles. The van der Waals surface area contributed by atoms with E-state index in [1.165, 1.54) is 6.42 Å². The first-order valence-electron chi connectivity index (χ1n) is 7.64. The summed E-state index contributed by atoms with van der Waals surface area (Å²) < 4.78 is 2.03. The molecule has 1 saturated carbocycles. The van der Waals surface area contributed by atoms with Crippen molar-refractivity contribution in [3.63, 3.8) is 0 Å². The van der Waals surface area contributed by atoms with Crippen molar-refractivity contribution in [2.75, 3.05) is 13.2 Å². The van der Waals surface area contributed by atoms with Crippen molar-refractivity contribution < 1.29 is 9.90 Å². The van der Waals surface area contributed by atoms with E-state index in [2.05, 4.69) is 11.9 Å². The first kappa shape index (κ1) is 15.0. The van der Waals surface area contributed by atoms with Crippen LogP contribution in [-0.4, -0.2) is 44.7 Å². The van der Waals surface area contributed by atoms with E-state index in [-0.39, 0.29) is 18.6 Å². The summed E-state index contributed by atoms with van der Waals surface area (Å²) in [6.45, 7) is 2.64. The number of carbonyl (C=O) groups excluding carboxylic acids is 1. The van der Waals surface area contributed by atoms with E-state index in [0.29, 0.717) is 19.0 Å². The number of hydrogen-bond donors (Lipinski definition) is 1. The van der Waals surface area contributed by atoms with Crippen LogP contribution in [0, 0.1) is 0 Å². The van der Waals surface area contributed by atoms with Gasteiger partial charge >= 0.3 is 0 Å². The molecule has 1 fully saturated rings. The second kappa shape index (κ2) is 7.43. The van der Waals surface area contributed by atoms with E-state index in [1.54, 1.807) is 12.5 Å². The number of hydrogen-bond acceptors (Lipinski definition) is 3. The maximum atomic E-state index is 12.5. The van der Waals surface area contributed by atoms with Gasteiger partial charge in [-0.1, -0.05) is 13.3 Å². The van der Waals surface area contributed by atoms with Gasteiger partial charge in [-0.05, 0) is 25.7 Å². The number of rotatable bonds is 8. The van der Waals surface area contributed by atoms with E-state index < -0.39 is 0 Å². The van der Waals surface area contributed by atoms with Crippen LogP contribution >= 0.6 is 0 Å². The molecular weight excluding hydrogens is 254 g/mol. The molecule has 1 heterocycles. The zero-order chi connectivity index (χ0) is 14.4. The van der Waals surface area contributed by atoms with E-state index in [0.717, 1.165) is 25.7 Å². The summed E-state index contributed by atoms with van der Waals surface area (Å²) in [5, 5.41) is 9.17. The average molecular weight is 279 g/mol. The number of imidazole rings is 1. The molecule has 112 valence electrons. The zero-order valence-electron chi connectivity index (χ0n) is 12.2. The van der Waals surface area contributed by atoms with Gasteiger partial charge < -0.3 is 14.6 Å². The Bertz CT molecular complexity index is 401. The lowest BCUT2D eigenvalue weighted by atomic mass is 9.91. The molecule has 0 spiro atoms. The van der Waals surface area contributed by atoms with Gasteiger partial charge in [0.1, 0.15) is 0 Å². The van der Waals surface area contributed by atoms with Gasteiger partial charge in [0.25, 0.3) is 0 Å². The quantitative estimate of drug-likeness (QED) is 0.791. The van der Waals surface area contributed by atoms with E-state index in [4.69, 9.17) is 5.11 Å². The number of aliphatic hydroxyl groups excluding tert-OH is 1. The molecule has 1 aromatic rings. The van der Waals surface area contributed by atoms with Gasteiger partial charge in [-0.3, -0.25) is 4.79 Å². The van der Waals surface area contributed by atoms with Crippen LogP contribution in [0.3, 0.4) is 0 Å². The molecule has 1 unspecified atom stereocenters. The summed E-state index contributed by atoms with van der Waals surface area (Å²) in [6, 6.07) is 0.524. The highest BCUT2D eigenvalue weighted by molar-refractivity contribution is 5.77. The number of aromatic nitrogens is 2.